The number of rotatable bonds is 5. The molecule has 0 aliphatic carbocycles. The van der Waals surface area contributed by atoms with E-state index in [1.54, 1.807) is 29.6 Å². The van der Waals surface area contributed by atoms with Crippen molar-refractivity contribution in [3.63, 3.8) is 0 Å². The van der Waals surface area contributed by atoms with Crippen molar-refractivity contribution < 1.29 is 22.4 Å². The van der Waals surface area contributed by atoms with E-state index in [1.165, 1.54) is 0 Å². The highest BCUT2D eigenvalue weighted by Gasteiger charge is 2.27. The first-order valence-electron chi connectivity index (χ1n) is 5.90. The average Bonchev–Trinajstić information content (AvgIpc) is 2.91. The highest BCUT2D eigenvalue weighted by atomic mass is 35.5. The van der Waals surface area contributed by atoms with Crippen LogP contribution in [0.25, 0.3) is 11.5 Å². The lowest BCUT2D eigenvalue weighted by Crippen LogP contribution is -2.34. The minimum atomic E-state index is -4.44. The van der Waals surface area contributed by atoms with Gasteiger partial charge in [-0.25, -0.2) is 0 Å². The quantitative estimate of drug-likeness (QED) is 0.838. The minimum absolute atomic E-state index is 0.0667. The number of thioether (sulfide) groups is 1. The molecule has 22 heavy (non-hydrogen) atoms. The van der Waals surface area contributed by atoms with Crippen molar-refractivity contribution in [3.05, 3.63) is 29.3 Å². The first-order valence-corrected chi connectivity index (χ1v) is 7.26. The van der Waals surface area contributed by atoms with Crippen molar-refractivity contribution in [2.75, 3.05) is 12.3 Å². The van der Waals surface area contributed by atoms with E-state index < -0.39 is 18.6 Å². The molecule has 0 radical (unpaired) electrons. The van der Waals surface area contributed by atoms with E-state index in [0.29, 0.717) is 10.6 Å². The van der Waals surface area contributed by atoms with Crippen molar-refractivity contribution in [2.24, 2.45) is 0 Å². The smallest absolute Gasteiger partial charge is 0.405 e. The van der Waals surface area contributed by atoms with Crippen LogP contribution in [0.5, 0.6) is 0 Å². The Morgan fingerprint density at radius 2 is 2.05 bits per heavy atom. The number of aromatic nitrogens is 2. The van der Waals surface area contributed by atoms with Crippen LogP contribution in [0.1, 0.15) is 0 Å². The maximum absolute atomic E-state index is 11.9. The molecule has 1 N–H and O–H groups in total. The molecule has 0 unspecified atom stereocenters. The molecular weight excluding hydrogens is 343 g/mol. The van der Waals surface area contributed by atoms with Gasteiger partial charge in [0.2, 0.25) is 11.8 Å². The van der Waals surface area contributed by atoms with E-state index in [0.717, 1.165) is 11.8 Å². The van der Waals surface area contributed by atoms with Gasteiger partial charge in [-0.2, -0.15) is 13.2 Å². The Labute approximate surface area is 132 Å². The van der Waals surface area contributed by atoms with Gasteiger partial charge in [0.15, 0.2) is 0 Å². The fourth-order valence-corrected chi connectivity index (χ4v) is 2.20. The maximum atomic E-state index is 11.9. The topological polar surface area (TPSA) is 68.0 Å². The number of alkyl halides is 3. The summed E-state index contributed by atoms with van der Waals surface area (Å²) in [5.74, 6) is -0.871. The molecule has 0 spiro atoms. The van der Waals surface area contributed by atoms with Crippen LogP contribution in [0.15, 0.2) is 33.9 Å². The number of carbonyl (C=O) groups is 1. The van der Waals surface area contributed by atoms with E-state index in [1.807, 2.05) is 0 Å². The fourth-order valence-electron chi connectivity index (χ4n) is 1.39. The molecular formula is C12H9ClF3N3O2S. The monoisotopic (exact) mass is 351 g/mol. The van der Waals surface area contributed by atoms with Gasteiger partial charge in [0.05, 0.1) is 16.3 Å². The molecule has 0 saturated carbocycles. The second-order valence-electron chi connectivity index (χ2n) is 4.03. The number of nitrogens with zero attached hydrogens (tertiary/aromatic N) is 2. The highest BCUT2D eigenvalue weighted by molar-refractivity contribution is 7.99. The molecule has 0 bridgehead atoms. The second kappa shape index (κ2) is 7.01. The van der Waals surface area contributed by atoms with Gasteiger partial charge in [0, 0.05) is 0 Å². The van der Waals surface area contributed by atoms with Crippen molar-refractivity contribution in [3.8, 4) is 11.5 Å². The average molecular weight is 352 g/mol. The summed E-state index contributed by atoms with van der Waals surface area (Å²) in [5.41, 5.74) is 0.532. The van der Waals surface area contributed by atoms with Gasteiger partial charge in [-0.3, -0.25) is 4.79 Å². The van der Waals surface area contributed by atoms with Crippen molar-refractivity contribution in [1.29, 1.82) is 0 Å². The lowest BCUT2D eigenvalue weighted by atomic mass is 10.2. The molecule has 118 valence electrons. The number of carbonyl (C=O) groups excluding carboxylic acids is 1. The molecule has 10 heteroatoms. The fraction of sp³-hybridized carbons (Fsp3) is 0.250. The summed E-state index contributed by atoms with van der Waals surface area (Å²) in [5, 5.41) is 9.71. The van der Waals surface area contributed by atoms with E-state index in [4.69, 9.17) is 16.0 Å². The molecule has 1 aromatic heterocycles. The Hall–Kier alpha value is -1.74. The van der Waals surface area contributed by atoms with Gasteiger partial charge in [-0.05, 0) is 12.1 Å². The zero-order valence-electron chi connectivity index (χ0n) is 10.9. The van der Waals surface area contributed by atoms with Crippen molar-refractivity contribution in [2.45, 2.75) is 11.4 Å². The van der Waals surface area contributed by atoms with E-state index in [2.05, 4.69) is 10.2 Å². The van der Waals surface area contributed by atoms with Crippen LogP contribution in [-0.4, -0.2) is 34.6 Å². The molecule has 1 amide bonds. The standard InChI is InChI=1S/C12H9ClF3N3O2S/c13-8-4-2-1-3-7(8)10-18-19-11(21-10)22-5-9(20)17-6-12(14,15)16/h1-4H,5-6H2,(H,17,20). The number of halogens is 4. The van der Waals surface area contributed by atoms with Crippen LogP contribution in [-0.2, 0) is 4.79 Å². The zero-order chi connectivity index (χ0) is 16.2. The van der Waals surface area contributed by atoms with E-state index >= 15 is 0 Å². The Kier molecular flexibility index (Phi) is 5.30. The number of benzene rings is 1. The summed E-state index contributed by atoms with van der Waals surface area (Å²) >= 11 is 6.81. The summed E-state index contributed by atoms with van der Waals surface area (Å²) in [6, 6.07) is 6.81. The van der Waals surface area contributed by atoms with Crippen LogP contribution in [0, 0.1) is 0 Å². The third-order valence-corrected chi connectivity index (χ3v) is 3.47. The number of hydrogen-bond donors (Lipinski definition) is 1. The highest BCUT2D eigenvalue weighted by Crippen LogP contribution is 2.28. The summed E-state index contributed by atoms with van der Waals surface area (Å²) in [4.78, 5) is 11.3. The van der Waals surface area contributed by atoms with E-state index in [9.17, 15) is 18.0 Å². The third kappa shape index (κ3) is 4.92. The SMILES string of the molecule is O=C(CSc1nnc(-c2ccccc2Cl)o1)NCC(F)(F)F. The molecule has 5 nitrogen and oxygen atoms in total. The van der Waals surface area contributed by atoms with Crippen LogP contribution >= 0.6 is 23.4 Å². The van der Waals surface area contributed by atoms with Gasteiger partial charge in [0.25, 0.3) is 5.22 Å². The van der Waals surface area contributed by atoms with Gasteiger partial charge in [0.1, 0.15) is 6.54 Å². The van der Waals surface area contributed by atoms with Gasteiger partial charge in [-0.15, -0.1) is 10.2 Å². The Morgan fingerprint density at radius 3 is 2.73 bits per heavy atom. The molecule has 2 rings (SSSR count). The predicted octanol–water partition coefficient (Wildman–Crippen LogP) is 3.16. The summed E-state index contributed by atoms with van der Waals surface area (Å²) < 4.78 is 41.1. The number of hydrogen-bond acceptors (Lipinski definition) is 5. The van der Waals surface area contributed by atoms with Crippen LogP contribution in [0.3, 0.4) is 0 Å². The lowest BCUT2D eigenvalue weighted by molar-refractivity contribution is -0.136. The summed E-state index contributed by atoms with van der Waals surface area (Å²) in [7, 11) is 0. The second-order valence-corrected chi connectivity index (χ2v) is 5.37. The zero-order valence-corrected chi connectivity index (χ0v) is 12.4. The van der Waals surface area contributed by atoms with Crippen LogP contribution < -0.4 is 5.32 Å². The van der Waals surface area contributed by atoms with E-state index in [-0.39, 0.29) is 16.9 Å². The van der Waals surface area contributed by atoms with Crippen LogP contribution in [0.2, 0.25) is 5.02 Å². The van der Waals surface area contributed by atoms with Gasteiger partial charge < -0.3 is 9.73 Å². The normalized spacial score (nSPS) is 11.5. The third-order valence-electron chi connectivity index (χ3n) is 2.32. The first-order chi connectivity index (χ1) is 10.3. The molecule has 2 aromatic rings. The molecule has 0 fully saturated rings. The molecule has 0 aliphatic heterocycles. The molecule has 1 aromatic carbocycles. The number of amides is 1. The van der Waals surface area contributed by atoms with Gasteiger partial charge >= 0.3 is 6.18 Å². The molecule has 1 heterocycles. The number of nitrogens with one attached hydrogen (secondary N) is 1. The Morgan fingerprint density at radius 1 is 1.32 bits per heavy atom. The molecule has 0 saturated heterocycles. The Balaban J connectivity index is 1.90. The summed E-state index contributed by atoms with van der Waals surface area (Å²) in [6.45, 7) is -1.37. The van der Waals surface area contributed by atoms with Gasteiger partial charge in [-0.1, -0.05) is 35.5 Å². The minimum Gasteiger partial charge on any atom is -0.411 e. The summed E-state index contributed by atoms with van der Waals surface area (Å²) in [6.07, 6.45) is -4.44. The maximum Gasteiger partial charge on any atom is 0.405 e. The van der Waals surface area contributed by atoms with Crippen LogP contribution in [0.4, 0.5) is 13.2 Å². The predicted molar refractivity (Wildman–Crippen MR) is 74.5 cm³/mol. The molecule has 0 aliphatic rings. The first kappa shape index (κ1) is 16.6. The van der Waals surface area contributed by atoms with Crippen molar-refractivity contribution in [1.82, 2.24) is 15.5 Å². The molecule has 0 atom stereocenters. The largest absolute Gasteiger partial charge is 0.411 e. The lowest BCUT2D eigenvalue weighted by Gasteiger charge is -2.06. The Bertz CT molecular complexity index is 663. The van der Waals surface area contributed by atoms with Crippen molar-refractivity contribution >= 4 is 29.3 Å².